The van der Waals surface area contributed by atoms with Crippen molar-refractivity contribution in [2.24, 2.45) is 0 Å². The number of benzene rings is 2. The van der Waals surface area contributed by atoms with Crippen molar-refractivity contribution in [3.05, 3.63) is 58.9 Å². The zero-order valence-corrected chi connectivity index (χ0v) is 15.9. The lowest BCUT2D eigenvalue weighted by molar-refractivity contribution is 0.102. The molecule has 5 nitrogen and oxygen atoms in total. The van der Waals surface area contributed by atoms with Gasteiger partial charge in [-0.1, -0.05) is 40.8 Å². The minimum Gasteiger partial charge on any atom is -0.494 e. The maximum atomic E-state index is 13.7. The Morgan fingerprint density at radius 3 is 2.88 bits per heavy atom. The van der Waals surface area contributed by atoms with Crippen LogP contribution in [0.4, 0.5) is 15.2 Å². The molecule has 0 fully saturated rings. The highest BCUT2D eigenvalue weighted by molar-refractivity contribution is 8.01. The summed E-state index contributed by atoms with van der Waals surface area (Å²) in [5, 5.41) is 12.4. The largest absolute Gasteiger partial charge is 0.494 e. The van der Waals surface area contributed by atoms with E-state index in [1.54, 1.807) is 12.1 Å². The number of halogens is 2. The van der Waals surface area contributed by atoms with Gasteiger partial charge in [0.2, 0.25) is 5.13 Å². The Morgan fingerprint density at radius 2 is 2.15 bits per heavy atom. The van der Waals surface area contributed by atoms with E-state index < -0.39 is 5.82 Å². The summed E-state index contributed by atoms with van der Waals surface area (Å²) < 4.78 is 19.2. The molecule has 26 heavy (non-hydrogen) atoms. The fraction of sp³-hybridized carbons (Fsp3) is 0.118. The normalized spacial score (nSPS) is 10.6. The number of carbonyl (C=O) groups is 1. The van der Waals surface area contributed by atoms with E-state index in [9.17, 15) is 9.18 Å². The Labute approximate surface area is 162 Å². The summed E-state index contributed by atoms with van der Waals surface area (Å²) in [6.45, 7) is 0. The van der Waals surface area contributed by atoms with E-state index in [4.69, 9.17) is 16.3 Å². The van der Waals surface area contributed by atoms with Crippen LogP contribution < -0.4 is 10.1 Å². The summed E-state index contributed by atoms with van der Waals surface area (Å²) in [5.41, 5.74) is 1.09. The molecule has 3 aromatic rings. The maximum absolute atomic E-state index is 13.7. The fourth-order valence-electron chi connectivity index (χ4n) is 2.06. The third-order valence-corrected chi connectivity index (χ3v) is 5.49. The predicted molar refractivity (Wildman–Crippen MR) is 103 cm³/mol. The van der Waals surface area contributed by atoms with Crippen molar-refractivity contribution < 1.29 is 13.9 Å². The summed E-state index contributed by atoms with van der Waals surface area (Å²) in [6, 6.07) is 11.4. The first-order valence-corrected chi connectivity index (χ1v) is 9.59. The summed E-state index contributed by atoms with van der Waals surface area (Å²) >= 11 is 8.51. The van der Waals surface area contributed by atoms with Gasteiger partial charge in [-0.3, -0.25) is 4.79 Å². The average molecular weight is 410 g/mol. The topological polar surface area (TPSA) is 64.1 Å². The zero-order chi connectivity index (χ0) is 18.5. The quantitative estimate of drug-likeness (QED) is 0.434. The molecule has 0 saturated heterocycles. The van der Waals surface area contributed by atoms with E-state index in [1.807, 2.05) is 12.1 Å². The van der Waals surface area contributed by atoms with Crippen molar-refractivity contribution in [3.63, 3.8) is 0 Å². The van der Waals surface area contributed by atoms with Crippen LogP contribution in [-0.2, 0) is 0 Å². The molecule has 0 bridgehead atoms. The highest BCUT2D eigenvalue weighted by atomic mass is 35.5. The second-order valence-corrected chi connectivity index (χ2v) is 7.71. The van der Waals surface area contributed by atoms with E-state index in [-0.39, 0.29) is 22.8 Å². The van der Waals surface area contributed by atoms with E-state index in [0.717, 1.165) is 5.69 Å². The molecule has 0 unspecified atom stereocenters. The van der Waals surface area contributed by atoms with Crippen molar-refractivity contribution in [1.82, 2.24) is 10.2 Å². The molecule has 0 aliphatic carbocycles. The smallest absolute Gasteiger partial charge is 0.210 e. The van der Waals surface area contributed by atoms with Crippen LogP contribution in [-0.4, -0.2) is 28.8 Å². The predicted octanol–water partition coefficient (Wildman–Crippen LogP) is 5.06. The van der Waals surface area contributed by atoms with Crippen LogP contribution in [0.25, 0.3) is 0 Å². The zero-order valence-electron chi connectivity index (χ0n) is 13.5. The lowest BCUT2D eigenvalue weighted by Crippen LogP contribution is -2.03. The van der Waals surface area contributed by atoms with Gasteiger partial charge in [0.25, 0.3) is 0 Å². The number of anilines is 2. The van der Waals surface area contributed by atoms with Crippen LogP contribution in [0.1, 0.15) is 10.4 Å². The summed E-state index contributed by atoms with van der Waals surface area (Å²) in [6.07, 6.45) is 0. The highest BCUT2D eigenvalue weighted by Gasteiger charge is 2.13. The Hall–Kier alpha value is -2.16. The van der Waals surface area contributed by atoms with Crippen molar-refractivity contribution >= 4 is 51.3 Å². The fourth-order valence-corrected chi connectivity index (χ4v) is 3.92. The molecule has 1 aromatic heterocycles. The van der Waals surface area contributed by atoms with Crippen molar-refractivity contribution in [2.75, 3.05) is 18.2 Å². The second kappa shape index (κ2) is 8.48. The van der Waals surface area contributed by atoms with Gasteiger partial charge in [0.1, 0.15) is 0 Å². The average Bonchev–Trinajstić information content (AvgIpc) is 3.07. The molecule has 134 valence electrons. The van der Waals surface area contributed by atoms with Gasteiger partial charge >= 0.3 is 0 Å². The maximum Gasteiger partial charge on any atom is 0.210 e. The van der Waals surface area contributed by atoms with Crippen LogP contribution in [0.2, 0.25) is 5.02 Å². The van der Waals surface area contributed by atoms with Gasteiger partial charge in [-0.25, -0.2) is 4.39 Å². The number of ether oxygens (including phenoxy) is 1. The minimum atomic E-state index is -0.563. The molecule has 0 amide bonds. The van der Waals surface area contributed by atoms with Crippen LogP contribution >= 0.6 is 34.7 Å². The third kappa shape index (κ3) is 4.72. The molecule has 0 aliphatic rings. The van der Waals surface area contributed by atoms with Gasteiger partial charge in [0.05, 0.1) is 12.9 Å². The number of nitrogens with zero attached hydrogens (tertiary/aromatic N) is 2. The molecule has 0 radical (unpaired) electrons. The number of nitrogens with one attached hydrogen (secondary N) is 1. The van der Waals surface area contributed by atoms with E-state index in [1.165, 1.54) is 48.4 Å². The van der Waals surface area contributed by atoms with Crippen LogP contribution in [0.3, 0.4) is 0 Å². The number of ketones is 1. The van der Waals surface area contributed by atoms with Gasteiger partial charge < -0.3 is 10.1 Å². The lowest BCUT2D eigenvalue weighted by atomic mass is 10.1. The SMILES string of the molecule is COc1ccc(C(=O)CSc2nnc(Nc3cccc(Cl)c3)s2)cc1F. The van der Waals surface area contributed by atoms with E-state index in [0.29, 0.717) is 14.5 Å². The van der Waals surface area contributed by atoms with Gasteiger partial charge in [-0.2, -0.15) is 0 Å². The minimum absolute atomic E-state index is 0.107. The number of aromatic nitrogens is 2. The highest BCUT2D eigenvalue weighted by Crippen LogP contribution is 2.29. The molecule has 0 atom stereocenters. The first-order valence-electron chi connectivity index (χ1n) is 7.41. The van der Waals surface area contributed by atoms with Crippen molar-refractivity contribution in [2.45, 2.75) is 4.34 Å². The standard InChI is InChI=1S/C17H13ClFN3O2S2/c1-24-15-6-5-10(7-13(15)19)14(23)9-25-17-22-21-16(26-17)20-12-4-2-3-11(18)8-12/h2-8H,9H2,1H3,(H,20,21). The van der Waals surface area contributed by atoms with Crippen molar-refractivity contribution in [1.29, 1.82) is 0 Å². The van der Waals surface area contributed by atoms with Crippen LogP contribution in [0.5, 0.6) is 5.75 Å². The molecular formula is C17H13ClFN3O2S2. The summed E-state index contributed by atoms with van der Waals surface area (Å²) in [5.74, 6) is -0.518. The molecule has 2 aromatic carbocycles. The molecule has 1 N–H and O–H groups in total. The van der Waals surface area contributed by atoms with Crippen LogP contribution in [0.15, 0.2) is 46.8 Å². The Kier molecular flexibility index (Phi) is 6.08. The van der Waals surface area contributed by atoms with Crippen molar-refractivity contribution in [3.8, 4) is 5.75 Å². The number of Topliss-reactive ketones (excluding diaryl/α,β-unsaturated/α-hetero) is 1. The van der Waals surface area contributed by atoms with E-state index >= 15 is 0 Å². The lowest BCUT2D eigenvalue weighted by Gasteiger charge is -2.04. The first-order chi connectivity index (χ1) is 12.5. The number of carbonyl (C=O) groups excluding carboxylic acids is 1. The molecule has 0 aliphatic heterocycles. The summed E-state index contributed by atoms with van der Waals surface area (Å²) in [4.78, 5) is 12.2. The number of methoxy groups -OCH3 is 1. The molecule has 0 spiro atoms. The first kappa shape index (κ1) is 18.6. The van der Waals surface area contributed by atoms with Crippen LogP contribution in [0, 0.1) is 5.82 Å². The Bertz CT molecular complexity index is 936. The Balaban J connectivity index is 1.59. The van der Waals surface area contributed by atoms with Gasteiger partial charge in [-0.15, -0.1) is 10.2 Å². The molecule has 1 heterocycles. The molecule has 3 rings (SSSR count). The molecular weight excluding hydrogens is 397 g/mol. The van der Waals surface area contributed by atoms with E-state index in [2.05, 4.69) is 15.5 Å². The van der Waals surface area contributed by atoms with Gasteiger partial charge in [0.15, 0.2) is 21.7 Å². The van der Waals surface area contributed by atoms with Gasteiger partial charge in [-0.05, 0) is 36.4 Å². The number of hydrogen-bond acceptors (Lipinski definition) is 7. The molecule has 0 saturated carbocycles. The number of hydrogen-bond donors (Lipinski definition) is 1. The Morgan fingerprint density at radius 1 is 1.31 bits per heavy atom. The number of rotatable bonds is 7. The second-order valence-electron chi connectivity index (χ2n) is 5.07. The monoisotopic (exact) mass is 409 g/mol. The third-order valence-electron chi connectivity index (χ3n) is 3.28. The summed E-state index contributed by atoms with van der Waals surface area (Å²) in [7, 11) is 1.38. The number of thioether (sulfide) groups is 1. The molecule has 9 heteroatoms. The van der Waals surface area contributed by atoms with Gasteiger partial charge in [0, 0.05) is 16.3 Å².